The molecule has 0 amide bonds. The maximum atomic E-state index is 4.11. The molecule has 2 rings (SSSR count). The van der Waals surface area contributed by atoms with Gasteiger partial charge in [0.15, 0.2) is 0 Å². The molecule has 1 atom stereocenters. The molecule has 0 unspecified atom stereocenters. The standard InChI is InChI=1S/C10H14N2/c1-9-4-6-12(8-9)10-3-2-5-11-7-10/h2-3,5,7,9H,4,6,8H2,1H3/t9-/m0/s1. The first-order chi connectivity index (χ1) is 5.86. The van der Waals surface area contributed by atoms with Crippen molar-refractivity contribution in [3.63, 3.8) is 0 Å². The zero-order chi connectivity index (χ0) is 8.39. The van der Waals surface area contributed by atoms with Gasteiger partial charge in [-0.3, -0.25) is 4.98 Å². The average molecular weight is 162 g/mol. The van der Waals surface area contributed by atoms with Crippen molar-refractivity contribution in [2.24, 2.45) is 5.92 Å². The highest BCUT2D eigenvalue weighted by Gasteiger charge is 2.18. The van der Waals surface area contributed by atoms with E-state index in [-0.39, 0.29) is 0 Å². The molecule has 1 aliphatic heterocycles. The van der Waals surface area contributed by atoms with E-state index in [1.807, 2.05) is 18.5 Å². The van der Waals surface area contributed by atoms with Crippen LogP contribution in [0.1, 0.15) is 13.3 Å². The van der Waals surface area contributed by atoms with Crippen molar-refractivity contribution < 1.29 is 0 Å². The fourth-order valence-electron chi connectivity index (χ4n) is 1.71. The summed E-state index contributed by atoms with van der Waals surface area (Å²) in [6.07, 6.45) is 5.08. The van der Waals surface area contributed by atoms with E-state index < -0.39 is 0 Å². The molecule has 0 aliphatic carbocycles. The SMILES string of the molecule is C[C@H]1CCN(c2cccnc2)C1. The minimum atomic E-state index is 0.838. The Morgan fingerprint density at radius 3 is 3.08 bits per heavy atom. The summed E-state index contributed by atoms with van der Waals surface area (Å²) < 4.78 is 0. The van der Waals surface area contributed by atoms with Crippen molar-refractivity contribution >= 4 is 5.69 Å². The topological polar surface area (TPSA) is 16.1 Å². The van der Waals surface area contributed by atoms with E-state index >= 15 is 0 Å². The van der Waals surface area contributed by atoms with Crippen LogP contribution in [0.15, 0.2) is 24.5 Å². The first-order valence-electron chi connectivity index (χ1n) is 4.51. The molecular formula is C10H14N2. The monoisotopic (exact) mass is 162 g/mol. The molecule has 2 heterocycles. The zero-order valence-corrected chi connectivity index (χ0v) is 7.40. The highest BCUT2D eigenvalue weighted by atomic mass is 15.2. The lowest BCUT2D eigenvalue weighted by molar-refractivity contribution is 0.659. The van der Waals surface area contributed by atoms with Crippen molar-refractivity contribution in [2.75, 3.05) is 18.0 Å². The van der Waals surface area contributed by atoms with Gasteiger partial charge in [0.1, 0.15) is 0 Å². The third kappa shape index (κ3) is 1.42. The lowest BCUT2D eigenvalue weighted by atomic mass is 10.2. The van der Waals surface area contributed by atoms with Crippen LogP contribution in [-0.4, -0.2) is 18.1 Å². The number of hydrogen-bond acceptors (Lipinski definition) is 2. The van der Waals surface area contributed by atoms with Gasteiger partial charge < -0.3 is 4.90 Å². The number of pyridine rings is 1. The summed E-state index contributed by atoms with van der Waals surface area (Å²) in [5, 5.41) is 0. The molecule has 0 saturated carbocycles. The summed E-state index contributed by atoms with van der Waals surface area (Å²) in [5.41, 5.74) is 1.27. The summed E-state index contributed by atoms with van der Waals surface area (Å²) in [6.45, 7) is 4.68. The van der Waals surface area contributed by atoms with Crippen LogP contribution >= 0.6 is 0 Å². The summed E-state index contributed by atoms with van der Waals surface area (Å²) in [5.74, 6) is 0.838. The maximum Gasteiger partial charge on any atom is 0.0552 e. The minimum absolute atomic E-state index is 0.838. The minimum Gasteiger partial charge on any atom is -0.370 e. The van der Waals surface area contributed by atoms with Crippen LogP contribution in [0.3, 0.4) is 0 Å². The number of nitrogens with zero attached hydrogens (tertiary/aromatic N) is 2. The van der Waals surface area contributed by atoms with Gasteiger partial charge in [0.2, 0.25) is 0 Å². The zero-order valence-electron chi connectivity index (χ0n) is 7.40. The van der Waals surface area contributed by atoms with Crippen molar-refractivity contribution in [3.05, 3.63) is 24.5 Å². The molecular weight excluding hydrogens is 148 g/mol. The first-order valence-corrected chi connectivity index (χ1v) is 4.51. The molecule has 12 heavy (non-hydrogen) atoms. The summed E-state index contributed by atoms with van der Waals surface area (Å²) >= 11 is 0. The second-order valence-electron chi connectivity index (χ2n) is 3.55. The Labute approximate surface area is 73.2 Å². The molecule has 1 aliphatic rings. The molecule has 1 aromatic heterocycles. The molecule has 0 aromatic carbocycles. The van der Waals surface area contributed by atoms with E-state index in [1.165, 1.54) is 25.2 Å². The van der Waals surface area contributed by atoms with Crippen molar-refractivity contribution in [2.45, 2.75) is 13.3 Å². The van der Waals surface area contributed by atoms with Crippen LogP contribution in [0.25, 0.3) is 0 Å². The van der Waals surface area contributed by atoms with Crippen molar-refractivity contribution in [1.29, 1.82) is 0 Å². The Hall–Kier alpha value is -1.05. The van der Waals surface area contributed by atoms with E-state index in [4.69, 9.17) is 0 Å². The predicted molar refractivity (Wildman–Crippen MR) is 50.2 cm³/mol. The lowest BCUT2D eigenvalue weighted by Crippen LogP contribution is -2.18. The Kier molecular flexibility index (Phi) is 1.98. The quantitative estimate of drug-likeness (QED) is 0.627. The normalized spacial score (nSPS) is 23.1. The number of anilines is 1. The number of hydrogen-bond donors (Lipinski definition) is 0. The van der Waals surface area contributed by atoms with E-state index in [1.54, 1.807) is 0 Å². The van der Waals surface area contributed by atoms with Gasteiger partial charge >= 0.3 is 0 Å². The summed E-state index contributed by atoms with van der Waals surface area (Å²) in [4.78, 5) is 6.51. The van der Waals surface area contributed by atoms with E-state index in [0.29, 0.717) is 0 Å². The molecule has 0 spiro atoms. The van der Waals surface area contributed by atoms with E-state index in [0.717, 1.165) is 5.92 Å². The smallest absolute Gasteiger partial charge is 0.0552 e. The van der Waals surface area contributed by atoms with Crippen LogP contribution in [0.4, 0.5) is 5.69 Å². The van der Waals surface area contributed by atoms with Gasteiger partial charge in [-0.05, 0) is 24.5 Å². The molecule has 1 saturated heterocycles. The van der Waals surface area contributed by atoms with Gasteiger partial charge in [-0.1, -0.05) is 6.92 Å². The van der Waals surface area contributed by atoms with Gasteiger partial charge in [-0.25, -0.2) is 0 Å². The van der Waals surface area contributed by atoms with Crippen LogP contribution in [0.2, 0.25) is 0 Å². The van der Waals surface area contributed by atoms with Crippen molar-refractivity contribution in [3.8, 4) is 0 Å². The number of rotatable bonds is 1. The lowest BCUT2D eigenvalue weighted by Gasteiger charge is -2.16. The molecule has 2 nitrogen and oxygen atoms in total. The molecule has 2 heteroatoms. The fourth-order valence-corrected chi connectivity index (χ4v) is 1.71. The molecule has 0 bridgehead atoms. The third-order valence-electron chi connectivity index (χ3n) is 2.43. The number of aromatic nitrogens is 1. The second-order valence-corrected chi connectivity index (χ2v) is 3.55. The van der Waals surface area contributed by atoms with Gasteiger partial charge in [-0.2, -0.15) is 0 Å². The van der Waals surface area contributed by atoms with Crippen LogP contribution in [0.5, 0.6) is 0 Å². The van der Waals surface area contributed by atoms with Crippen LogP contribution < -0.4 is 4.90 Å². The Morgan fingerprint density at radius 1 is 1.58 bits per heavy atom. The molecule has 0 N–H and O–H groups in total. The highest BCUT2D eigenvalue weighted by Crippen LogP contribution is 2.21. The molecule has 1 fully saturated rings. The van der Waals surface area contributed by atoms with Crippen molar-refractivity contribution in [1.82, 2.24) is 4.98 Å². The highest BCUT2D eigenvalue weighted by molar-refractivity contribution is 5.44. The summed E-state index contributed by atoms with van der Waals surface area (Å²) in [7, 11) is 0. The van der Waals surface area contributed by atoms with Crippen LogP contribution in [0, 0.1) is 5.92 Å². The van der Waals surface area contributed by atoms with Gasteiger partial charge in [0.25, 0.3) is 0 Å². The average Bonchev–Trinajstić information content (AvgIpc) is 2.54. The fraction of sp³-hybridized carbons (Fsp3) is 0.500. The van der Waals surface area contributed by atoms with Gasteiger partial charge in [0.05, 0.1) is 11.9 Å². The van der Waals surface area contributed by atoms with Crippen LogP contribution in [-0.2, 0) is 0 Å². The summed E-state index contributed by atoms with van der Waals surface area (Å²) in [6, 6.07) is 4.13. The predicted octanol–water partition coefficient (Wildman–Crippen LogP) is 1.93. The Bertz CT molecular complexity index is 245. The Morgan fingerprint density at radius 2 is 2.50 bits per heavy atom. The molecule has 64 valence electrons. The van der Waals surface area contributed by atoms with Gasteiger partial charge in [0, 0.05) is 19.3 Å². The maximum absolute atomic E-state index is 4.11. The Balaban J connectivity index is 2.11. The largest absolute Gasteiger partial charge is 0.370 e. The second kappa shape index (κ2) is 3.13. The van der Waals surface area contributed by atoms with E-state index in [2.05, 4.69) is 22.9 Å². The van der Waals surface area contributed by atoms with Gasteiger partial charge in [-0.15, -0.1) is 0 Å². The molecule has 1 aromatic rings. The first kappa shape index (κ1) is 7.59. The van der Waals surface area contributed by atoms with E-state index in [9.17, 15) is 0 Å². The molecule has 0 radical (unpaired) electrons. The third-order valence-corrected chi connectivity index (χ3v) is 2.43.